The second-order valence-corrected chi connectivity index (χ2v) is 6.80. The van der Waals surface area contributed by atoms with Gasteiger partial charge in [-0.1, -0.05) is 0 Å². The van der Waals surface area contributed by atoms with Crippen LogP contribution in [0.1, 0.15) is 5.56 Å². The quantitative estimate of drug-likeness (QED) is 0.441. The van der Waals surface area contributed by atoms with E-state index in [0.717, 1.165) is 17.5 Å². The molecule has 0 aliphatic carbocycles. The van der Waals surface area contributed by atoms with Crippen LogP contribution in [0.3, 0.4) is 0 Å². The molecule has 0 radical (unpaired) electrons. The Bertz CT molecular complexity index is 930. The van der Waals surface area contributed by atoms with Crippen molar-refractivity contribution in [1.82, 2.24) is 4.90 Å². The summed E-state index contributed by atoms with van der Waals surface area (Å²) >= 11 is 0. The van der Waals surface area contributed by atoms with Crippen molar-refractivity contribution in [3.8, 4) is 17.2 Å². The van der Waals surface area contributed by atoms with E-state index < -0.39 is 13.2 Å². The van der Waals surface area contributed by atoms with Crippen LogP contribution in [0.25, 0.3) is 6.08 Å². The topological polar surface area (TPSA) is 51.2 Å². The highest BCUT2D eigenvalue weighted by molar-refractivity contribution is 5.92. The van der Waals surface area contributed by atoms with Crippen LogP contribution in [-0.4, -0.2) is 57.3 Å². The van der Waals surface area contributed by atoms with Gasteiger partial charge in [-0.3, -0.25) is 4.79 Å². The number of piperazine rings is 1. The summed E-state index contributed by atoms with van der Waals surface area (Å²) in [7, 11) is 1.60. The zero-order chi connectivity index (χ0) is 23.1. The Morgan fingerprint density at radius 3 is 2.12 bits per heavy atom. The monoisotopic (exact) mass is 454 g/mol. The molecule has 0 atom stereocenters. The number of amides is 1. The summed E-state index contributed by atoms with van der Waals surface area (Å²) < 4.78 is 63.8. The molecule has 0 saturated carbocycles. The number of ether oxygens (including phenoxy) is 3. The number of halogens is 4. The van der Waals surface area contributed by atoms with Crippen LogP contribution >= 0.6 is 0 Å². The Hall–Kier alpha value is -3.43. The summed E-state index contributed by atoms with van der Waals surface area (Å²) in [5, 5.41) is 0. The largest absolute Gasteiger partial charge is 0.497 e. The van der Waals surface area contributed by atoms with Crippen molar-refractivity contribution in [1.29, 1.82) is 0 Å². The van der Waals surface area contributed by atoms with Gasteiger partial charge in [-0.2, -0.15) is 17.6 Å². The Morgan fingerprint density at radius 1 is 0.906 bits per heavy atom. The van der Waals surface area contributed by atoms with E-state index in [1.807, 2.05) is 24.3 Å². The molecule has 2 aromatic carbocycles. The van der Waals surface area contributed by atoms with Crippen molar-refractivity contribution in [3.05, 3.63) is 54.1 Å². The van der Waals surface area contributed by atoms with Gasteiger partial charge in [0.25, 0.3) is 0 Å². The lowest BCUT2D eigenvalue weighted by Crippen LogP contribution is -2.48. The molecule has 1 aliphatic heterocycles. The van der Waals surface area contributed by atoms with Gasteiger partial charge in [0.15, 0.2) is 0 Å². The lowest BCUT2D eigenvalue weighted by molar-refractivity contribution is -0.126. The fraction of sp³-hybridized carbons (Fsp3) is 0.318. The molecule has 1 saturated heterocycles. The normalized spacial score (nSPS) is 14.3. The predicted octanol–water partition coefficient (Wildman–Crippen LogP) is 4.26. The van der Waals surface area contributed by atoms with Gasteiger partial charge in [0.05, 0.1) is 7.11 Å². The Labute approximate surface area is 182 Å². The first-order valence-corrected chi connectivity index (χ1v) is 9.75. The molecule has 1 fully saturated rings. The summed E-state index contributed by atoms with van der Waals surface area (Å²) in [6, 6.07) is 11.0. The second kappa shape index (κ2) is 10.7. The van der Waals surface area contributed by atoms with Crippen LogP contribution in [0.4, 0.5) is 23.2 Å². The van der Waals surface area contributed by atoms with E-state index in [2.05, 4.69) is 14.4 Å². The molecule has 172 valence electrons. The number of alkyl halides is 4. The van der Waals surface area contributed by atoms with Crippen molar-refractivity contribution >= 4 is 17.7 Å². The number of carbonyl (C=O) groups is 1. The van der Waals surface area contributed by atoms with Gasteiger partial charge in [0.2, 0.25) is 5.91 Å². The van der Waals surface area contributed by atoms with Gasteiger partial charge < -0.3 is 24.0 Å². The minimum Gasteiger partial charge on any atom is -0.497 e. The Kier molecular flexibility index (Phi) is 7.80. The number of anilines is 1. The highest BCUT2D eigenvalue weighted by Crippen LogP contribution is 2.28. The summed E-state index contributed by atoms with van der Waals surface area (Å²) in [6.45, 7) is -4.04. The molecule has 0 bridgehead atoms. The number of hydrogen-bond donors (Lipinski definition) is 0. The average molecular weight is 454 g/mol. The van der Waals surface area contributed by atoms with E-state index in [4.69, 9.17) is 4.74 Å². The van der Waals surface area contributed by atoms with Crippen LogP contribution in [0, 0.1) is 0 Å². The molecule has 10 heteroatoms. The van der Waals surface area contributed by atoms with Gasteiger partial charge in [-0.25, -0.2) is 0 Å². The summed E-state index contributed by atoms with van der Waals surface area (Å²) in [5.41, 5.74) is 1.16. The first-order valence-electron chi connectivity index (χ1n) is 9.75. The SMILES string of the molecule is COc1ccc(N2CCN(C(=O)/C=C/c3ccc(OC(F)F)cc3OC(F)F)CC2)cc1. The van der Waals surface area contributed by atoms with Gasteiger partial charge >= 0.3 is 13.2 Å². The van der Waals surface area contributed by atoms with Crippen LogP contribution in [0.15, 0.2) is 48.5 Å². The molecule has 0 spiro atoms. The molecule has 0 unspecified atom stereocenters. The van der Waals surface area contributed by atoms with E-state index in [9.17, 15) is 22.4 Å². The molecule has 1 amide bonds. The molecule has 0 N–H and O–H groups in total. The van der Waals surface area contributed by atoms with Gasteiger partial charge in [-0.05, 0) is 42.5 Å². The number of rotatable bonds is 8. The first-order chi connectivity index (χ1) is 15.4. The minimum atomic E-state index is -3.16. The number of methoxy groups -OCH3 is 1. The zero-order valence-corrected chi connectivity index (χ0v) is 17.2. The third kappa shape index (κ3) is 6.29. The molecule has 1 aliphatic rings. The summed E-state index contributed by atoms with van der Waals surface area (Å²) in [6.07, 6.45) is 2.55. The maximum absolute atomic E-state index is 12.7. The van der Waals surface area contributed by atoms with Crippen molar-refractivity contribution < 1.29 is 36.6 Å². The van der Waals surface area contributed by atoms with Crippen LogP contribution in [0.2, 0.25) is 0 Å². The van der Waals surface area contributed by atoms with E-state index >= 15 is 0 Å². The Morgan fingerprint density at radius 2 is 1.53 bits per heavy atom. The number of nitrogens with zero attached hydrogens (tertiary/aromatic N) is 2. The highest BCUT2D eigenvalue weighted by Gasteiger charge is 2.20. The predicted molar refractivity (Wildman–Crippen MR) is 111 cm³/mol. The van der Waals surface area contributed by atoms with Crippen molar-refractivity contribution in [2.45, 2.75) is 13.2 Å². The lowest BCUT2D eigenvalue weighted by Gasteiger charge is -2.35. The third-order valence-electron chi connectivity index (χ3n) is 4.86. The van der Waals surface area contributed by atoms with Crippen LogP contribution < -0.4 is 19.1 Å². The number of hydrogen-bond acceptors (Lipinski definition) is 5. The lowest BCUT2D eigenvalue weighted by atomic mass is 10.1. The van der Waals surface area contributed by atoms with Gasteiger partial charge in [0.1, 0.15) is 17.2 Å². The smallest absolute Gasteiger partial charge is 0.387 e. The molecule has 32 heavy (non-hydrogen) atoms. The molecule has 6 nitrogen and oxygen atoms in total. The zero-order valence-electron chi connectivity index (χ0n) is 17.2. The fourth-order valence-electron chi connectivity index (χ4n) is 3.27. The maximum Gasteiger partial charge on any atom is 0.387 e. The molecule has 3 rings (SSSR count). The van der Waals surface area contributed by atoms with Crippen molar-refractivity contribution in [3.63, 3.8) is 0 Å². The molecular weight excluding hydrogens is 432 g/mol. The molecular formula is C22H22F4N2O4. The maximum atomic E-state index is 12.7. The average Bonchev–Trinajstić information content (AvgIpc) is 2.78. The molecule has 1 heterocycles. The minimum absolute atomic E-state index is 0.136. The third-order valence-corrected chi connectivity index (χ3v) is 4.86. The van der Waals surface area contributed by atoms with Crippen LogP contribution in [-0.2, 0) is 4.79 Å². The van der Waals surface area contributed by atoms with Crippen molar-refractivity contribution in [2.24, 2.45) is 0 Å². The first kappa shape index (κ1) is 23.2. The second-order valence-electron chi connectivity index (χ2n) is 6.80. The Balaban J connectivity index is 1.62. The summed E-state index contributed by atoms with van der Waals surface area (Å²) in [5.74, 6) is -0.229. The summed E-state index contributed by atoms with van der Waals surface area (Å²) in [4.78, 5) is 16.3. The van der Waals surface area contributed by atoms with Gasteiger partial charge in [0, 0.05) is 49.6 Å². The van der Waals surface area contributed by atoms with Gasteiger partial charge in [-0.15, -0.1) is 0 Å². The van der Waals surface area contributed by atoms with E-state index in [1.54, 1.807) is 12.0 Å². The number of carbonyl (C=O) groups excluding carboxylic acids is 1. The molecule has 0 aromatic heterocycles. The van der Waals surface area contributed by atoms with E-state index in [-0.39, 0.29) is 23.0 Å². The number of benzene rings is 2. The van der Waals surface area contributed by atoms with Crippen molar-refractivity contribution in [2.75, 3.05) is 38.2 Å². The van der Waals surface area contributed by atoms with E-state index in [1.165, 1.54) is 24.3 Å². The molecule has 2 aromatic rings. The fourth-order valence-corrected chi connectivity index (χ4v) is 3.27. The van der Waals surface area contributed by atoms with Crippen LogP contribution in [0.5, 0.6) is 17.2 Å². The highest BCUT2D eigenvalue weighted by atomic mass is 19.3. The van der Waals surface area contributed by atoms with E-state index in [0.29, 0.717) is 26.2 Å². The standard InChI is InChI=1S/C22H22F4N2O4/c1-30-17-7-4-16(5-8-17)27-10-12-28(13-11-27)20(29)9-3-15-2-6-18(31-21(23)24)14-19(15)32-22(25)26/h2-9,14,21-22H,10-13H2,1H3/b9-3+.